The number of rotatable bonds is 2. The highest BCUT2D eigenvalue weighted by molar-refractivity contribution is 5.52. The van der Waals surface area contributed by atoms with Crippen LogP contribution in [-0.4, -0.2) is 15.1 Å². The molecular formula is C11H11N3O. The molecule has 1 fully saturated rings. The fourth-order valence-corrected chi connectivity index (χ4v) is 1.66. The van der Waals surface area contributed by atoms with Gasteiger partial charge in [-0.2, -0.15) is 4.98 Å². The van der Waals surface area contributed by atoms with Gasteiger partial charge in [-0.25, -0.2) is 0 Å². The van der Waals surface area contributed by atoms with Gasteiger partial charge in [-0.05, 0) is 24.5 Å². The van der Waals surface area contributed by atoms with E-state index in [0.29, 0.717) is 17.7 Å². The van der Waals surface area contributed by atoms with Gasteiger partial charge in [-0.15, -0.1) is 0 Å². The van der Waals surface area contributed by atoms with E-state index in [1.54, 1.807) is 12.4 Å². The molecule has 3 rings (SSSR count). The zero-order valence-electron chi connectivity index (χ0n) is 8.42. The molecule has 2 aromatic heterocycles. The molecule has 76 valence electrons. The highest BCUT2D eigenvalue weighted by atomic mass is 16.5. The summed E-state index contributed by atoms with van der Waals surface area (Å²) in [6, 6.07) is 3.79. The molecule has 0 aliphatic heterocycles. The molecule has 2 unspecified atom stereocenters. The van der Waals surface area contributed by atoms with Crippen molar-refractivity contribution in [2.24, 2.45) is 5.92 Å². The molecule has 1 aliphatic rings. The highest BCUT2D eigenvalue weighted by Crippen LogP contribution is 2.46. The smallest absolute Gasteiger partial charge is 0.230 e. The second-order valence-electron chi connectivity index (χ2n) is 4.02. The Kier molecular flexibility index (Phi) is 1.80. The second-order valence-corrected chi connectivity index (χ2v) is 4.02. The van der Waals surface area contributed by atoms with Crippen molar-refractivity contribution in [1.82, 2.24) is 15.1 Å². The Labute approximate surface area is 87.3 Å². The standard InChI is InChI=1S/C11H11N3O/c1-7-5-9(7)11-13-10(14-15-11)8-3-2-4-12-6-8/h2-4,6-7,9H,5H2,1H3. The van der Waals surface area contributed by atoms with Gasteiger partial charge in [-0.3, -0.25) is 4.98 Å². The summed E-state index contributed by atoms with van der Waals surface area (Å²) in [5.74, 6) is 2.56. The SMILES string of the molecule is CC1CC1c1nc(-c2cccnc2)no1. The van der Waals surface area contributed by atoms with E-state index in [9.17, 15) is 0 Å². The Balaban J connectivity index is 1.91. The maximum absolute atomic E-state index is 5.22. The van der Waals surface area contributed by atoms with Crippen molar-refractivity contribution >= 4 is 0 Å². The fourth-order valence-electron chi connectivity index (χ4n) is 1.66. The summed E-state index contributed by atoms with van der Waals surface area (Å²) in [7, 11) is 0. The summed E-state index contributed by atoms with van der Waals surface area (Å²) < 4.78 is 5.22. The normalized spacial score (nSPS) is 24.1. The molecular weight excluding hydrogens is 190 g/mol. The molecule has 0 N–H and O–H groups in total. The lowest BCUT2D eigenvalue weighted by atomic mass is 10.3. The van der Waals surface area contributed by atoms with E-state index < -0.39 is 0 Å². The van der Waals surface area contributed by atoms with E-state index in [2.05, 4.69) is 22.0 Å². The summed E-state index contributed by atoms with van der Waals surface area (Å²) in [5, 5.41) is 3.96. The third kappa shape index (κ3) is 1.52. The average molecular weight is 201 g/mol. The molecule has 2 atom stereocenters. The maximum Gasteiger partial charge on any atom is 0.230 e. The van der Waals surface area contributed by atoms with Crippen molar-refractivity contribution in [1.29, 1.82) is 0 Å². The second kappa shape index (κ2) is 3.15. The van der Waals surface area contributed by atoms with Crippen LogP contribution in [0.1, 0.15) is 25.2 Å². The highest BCUT2D eigenvalue weighted by Gasteiger charge is 2.38. The predicted molar refractivity (Wildman–Crippen MR) is 54.1 cm³/mol. The molecule has 1 aliphatic carbocycles. The van der Waals surface area contributed by atoms with Gasteiger partial charge < -0.3 is 4.52 Å². The van der Waals surface area contributed by atoms with E-state index >= 15 is 0 Å². The van der Waals surface area contributed by atoms with Crippen molar-refractivity contribution in [2.45, 2.75) is 19.3 Å². The van der Waals surface area contributed by atoms with Gasteiger partial charge in [0.2, 0.25) is 11.7 Å². The number of aromatic nitrogens is 3. The van der Waals surface area contributed by atoms with Crippen LogP contribution in [0.4, 0.5) is 0 Å². The van der Waals surface area contributed by atoms with Gasteiger partial charge in [0, 0.05) is 23.9 Å². The largest absolute Gasteiger partial charge is 0.339 e. The van der Waals surface area contributed by atoms with Crippen molar-refractivity contribution < 1.29 is 4.52 Å². The summed E-state index contributed by atoms with van der Waals surface area (Å²) in [6.45, 7) is 2.19. The third-order valence-corrected chi connectivity index (χ3v) is 2.79. The molecule has 0 aromatic carbocycles. The van der Waals surface area contributed by atoms with Crippen LogP contribution >= 0.6 is 0 Å². The topological polar surface area (TPSA) is 51.8 Å². The van der Waals surface area contributed by atoms with Crippen LogP contribution in [0.2, 0.25) is 0 Å². The van der Waals surface area contributed by atoms with Crippen LogP contribution in [0.25, 0.3) is 11.4 Å². The van der Waals surface area contributed by atoms with Crippen LogP contribution in [0.3, 0.4) is 0 Å². The lowest BCUT2D eigenvalue weighted by molar-refractivity contribution is 0.377. The molecule has 0 bridgehead atoms. The Hall–Kier alpha value is -1.71. The van der Waals surface area contributed by atoms with Crippen molar-refractivity contribution in [3.63, 3.8) is 0 Å². The molecule has 0 saturated heterocycles. The summed E-state index contributed by atoms with van der Waals surface area (Å²) in [6.07, 6.45) is 4.63. The maximum atomic E-state index is 5.22. The van der Waals surface area contributed by atoms with Crippen molar-refractivity contribution in [3.05, 3.63) is 30.4 Å². The number of pyridine rings is 1. The Morgan fingerprint density at radius 1 is 1.47 bits per heavy atom. The van der Waals surface area contributed by atoms with E-state index in [0.717, 1.165) is 17.9 Å². The van der Waals surface area contributed by atoms with Crippen molar-refractivity contribution in [2.75, 3.05) is 0 Å². The first kappa shape index (κ1) is 8.59. The molecule has 0 radical (unpaired) electrons. The van der Waals surface area contributed by atoms with Crippen LogP contribution < -0.4 is 0 Å². The summed E-state index contributed by atoms with van der Waals surface area (Å²) in [4.78, 5) is 8.40. The van der Waals surface area contributed by atoms with Crippen LogP contribution in [0.5, 0.6) is 0 Å². The first-order chi connectivity index (χ1) is 7.34. The minimum absolute atomic E-state index is 0.475. The number of hydrogen-bond acceptors (Lipinski definition) is 4. The zero-order valence-corrected chi connectivity index (χ0v) is 8.42. The zero-order chi connectivity index (χ0) is 10.3. The van der Waals surface area contributed by atoms with E-state index in [1.165, 1.54) is 0 Å². The first-order valence-corrected chi connectivity index (χ1v) is 5.08. The van der Waals surface area contributed by atoms with Gasteiger partial charge in [0.1, 0.15) is 0 Å². The minimum Gasteiger partial charge on any atom is -0.339 e. The van der Waals surface area contributed by atoms with E-state index in [4.69, 9.17) is 4.52 Å². The van der Waals surface area contributed by atoms with E-state index in [1.807, 2.05) is 12.1 Å². The molecule has 2 heterocycles. The molecule has 2 aromatic rings. The lowest BCUT2D eigenvalue weighted by Crippen LogP contribution is -1.83. The van der Waals surface area contributed by atoms with Crippen LogP contribution in [0.15, 0.2) is 29.0 Å². The Bertz CT molecular complexity index is 466. The molecule has 15 heavy (non-hydrogen) atoms. The van der Waals surface area contributed by atoms with Crippen LogP contribution in [-0.2, 0) is 0 Å². The molecule has 0 amide bonds. The van der Waals surface area contributed by atoms with E-state index in [-0.39, 0.29) is 0 Å². The predicted octanol–water partition coefficient (Wildman–Crippen LogP) is 2.25. The monoisotopic (exact) mass is 201 g/mol. The van der Waals surface area contributed by atoms with Gasteiger partial charge in [0.15, 0.2) is 0 Å². The number of nitrogens with zero attached hydrogens (tertiary/aromatic N) is 3. The summed E-state index contributed by atoms with van der Waals surface area (Å²) >= 11 is 0. The van der Waals surface area contributed by atoms with Gasteiger partial charge in [0.05, 0.1) is 0 Å². The Morgan fingerprint density at radius 3 is 3.00 bits per heavy atom. The molecule has 4 nitrogen and oxygen atoms in total. The quantitative estimate of drug-likeness (QED) is 0.747. The minimum atomic E-state index is 0.475. The fraction of sp³-hybridized carbons (Fsp3) is 0.364. The molecule has 0 spiro atoms. The van der Waals surface area contributed by atoms with Gasteiger partial charge in [-0.1, -0.05) is 12.1 Å². The molecule has 4 heteroatoms. The Morgan fingerprint density at radius 2 is 2.33 bits per heavy atom. The number of hydrogen-bond donors (Lipinski definition) is 0. The lowest BCUT2D eigenvalue weighted by Gasteiger charge is -1.89. The van der Waals surface area contributed by atoms with Gasteiger partial charge in [0.25, 0.3) is 0 Å². The van der Waals surface area contributed by atoms with Crippen LogP contribution in [0, 0.1) is 5.92 Å². The molecule has 1 saturated carbocycles. The summed E-state index contributed by atoms with van der Waals surface area (Å²) in [5.41, 5.74) is 0.904. The van der Waals surface area contributed by atoms with Crippen molar-refractivity contribution in [3.8, 4) is 11.4 Å². The average Bonchev–Trinajstić information content (AvgIpc) is 2.83. The van der Waals surface area contributed by atoms with Gasteiger partial charge >= 0.3 is 0 Å². The third-order valence-electron chi connectivity index (χ3n) is 2.79. The first-order valence-electron chi connectivity index (χ1n) is 5.08.